The Morgan fingerprint density at radius 2 is 0.773 bits per heavy atom. The Bertz CT molecular complexity index is 295. The molecule has 1 aliphatic carbocycles. The molecule has 1 fully saturated rings. The van der Waals surface area contributed by atoms with Gasteiger partial charge in [-0.1, -0.05) is 0 Å². The van der Waals surface area contributed by atoms with Gasteiger partial charge >= 0.3 is 88.0 Å². The standard InChI is InChI=1S/C5H5.C2H3N.3CO.F6P.W/c1-2-4-5-3-1;1-2-3;3*1-2;1-7(2,3,4,5)6;/h1-5H;1H3;;;;;/q;;;;;-1;+2. The van der Waals surface area contributed by atoms with E-state index in [2.05, 4.69) is 20.0 Å². The molecule has 0 aromatic heterocycles. The Kier molecular flexibility index (Phi) is 31.5. The number of rotatable bonds is 0. The summed E-state index contributed by atoms with van der Waals surface area (Å²) < 4.78 is 81.7. The van der Waals surface area contributed by atoms with Gasteiger partial charge in [-0.3, -0.25) is 0 Å². The summed E-state index contributed by atoms with van der Waals surface area (Å²) in [6.45, 7) is 14.9. The van der Waals surface area contributed by atoms with Crippen molar-refractivity contribution in [2.45, 2.75) is 6.92 Å². The van der Waals surface area contributed by atoms with Gasteiger partial charge in [-0.2, -0.15) is 5.26 Å². The van der Waals surface area contributed by atoms with Crippen LogP contribution in [0.1, 0.15) is 6.92 Å². The zero-order chi connectivity index (χ0) is 18.7. The molecule has 0 unspecified atom stereocenters. The third kappa shape index (κ3) is 338. The first kappa shape index (κ1) is 37.6. The molecular formula is C10H8F6NO3PW+. The van der Waals surface area contributed by atoms with E-state index in [1.54, 1.807) is 6.07 Å². The van der Waals surface area contributed by atoms with Crippen molar-refractivity contribution in [3.05, 3.63) is 52.1 Å². The van der Waals surface area contributed by atoms with Crippen LogP contribution >= 0.6 is 7.81 Å². The van der Waals surface area contributed by atoms with Crippen LogP contribution in [0, 0.1) is 63.4 Å². The summed E-state index contributed by atoms with van der Waals surface area (Å²) >= 11 is 0. The summed E-state index contributed by atoms with van der Waals surface area (Å²) in [5, 5.41) is 7.32. The number of halogens is 6. The Morgan fingerprint density at radius 3 is 0.818 bits per heavy atom. The molecule has 22 heavy (non-hydrogen) atoms. The fourth-order valence-corrected chi connectivity index (χ4v) is 0.321. The van der Waals surface area contributed by atoms with Crippen LogP contribution in [0.2, 0.25) is 0 Å². The Hall–Kier alpha value is -0.592. The molecule has 0 heterocycles. The maximum Gasteiger partial charge on any atom is 2.00 e. The molecule has 0 bridgehead atoms. The van der Waals surface area contributed by atoms with E-state index in [9.17, 15) is 25.2 Å². The van der Waals surface area contributed by atoms with Crippen molar-refractivity contribution in [1.82, 2.24) is 0 Å². The van der Waals surface area contributed by atoms with E-state index in [1.165, 1.54) is 6.92 Å². The molecule has 1 rings (SSSR count). The van der Waals surface area contributed by atoms with Crippen molar-refractivity contribution >= 4 is 7.81 Å². The van der Waals surface area contributed by atoms with Crippen LogP contribution < -0.4 is 0 Å². The topological polar surface area (TPSA) is 83.5 Å². The van der Waals surface area contributed by atoms with Crippen LogP contribution in [0.15, 0.2) is 0 Å². The first-order valence-corrected chi connectivity index (χ1v) is 6.05. The normalized spacial score (nSPS) is 13.5. The molecule has 0 aromatic rings. The largest absolute Gasteiger partial charge is 2.00 e. The van der Waals surface area contributed by atoms with E-state index in [0.29, 0.717) is 0 Å². The minimum Gasteiger partial charge on any atom is -0.0312 e. The maximum atomic E-state index is 9.87. The van der Waals surface area contributed by atoms with Crippen LogP contribution in [0.5, 0.6) is 0 Å². The average molecular weight is 519 g/mol. The third-order valence-electron chi connectivity index (χ3n) is 0.556. The summed E-state index contributed by atoms with van der Waals surface area (Å²) in [5.74, 6) is 0. The van der Waals surface area contributed by atoms with Gasteiger partial charge in [0.25, 0.3) is 0 Å². The monoisotopic (exact) mass is 519 g/mol. The first-order chi connectivity index (χ1) is 9.36. The van der Waals surface area contributed by atoms with Crippen LogP contribution in [0.4, 0.5) is 25.2 Å². The Balaban J connectivity index is -0.0000000380. The van der Waals surface area contributed by atoms with Gasteiger partial charge in [-0.25, -0.2) is 0 Å². The number of hydrogen-bond acceptors (Lipinski definition) is 1. The minimum atomic E-state index is -10.7. The number of nitriles is 1. The third-order valence-corrected chi connectivity index (χ3v) is 0.556. The molecule has 1 saturated carbocycles. The molecule has 4 nitrogen and oxygen atoms in total. The number of nitrogens with zero attached hydrogens (tertiary/aromatic N) is 1. The summed E-state index contributed by atoms with van der Waals surface area (Å²) in [6.07, 6.45) is 10.0. The van der Waals surface area contributed by atoms with Gasteiger partial charge in [0.05, 0.1) is 6.07 Å². The van der Waals surface area contributed by atoms with Crippen molar-refractivity contribution in [1.29, 1.82) is 5.26 Å². The van der Waals surface area contributed by atoms with Crippen LogP contribution in [-0.2, 0) is 35.0 Å². The minimum absolute atomic E-state index is 0. The second-order valence-corrected chi connectivity index (χ2v) is 4.06. The molecule has 123 valence electrons. The molecule has 5 radical (unpaired) electrons. The maximum absolute atomic E-state index is 10.7. The van der Waals surface area contributed by atoms with Crippen molar-refractivity contribution in [2.24, 2.45) is 0 Å². The molecule has 0 N–H and O–H groups in total. The van der Waals surface area contributed by atoms with Crippen LogP contribution in [0.3, 0.4) is 0 Å². The van der Waals surface area contributed by atoms with E-state index in [0.717, 1.165) is 0 Å². The molecule has 1 aliphatic rings. The number of hydrogen-bond donors (Lipinski definition) is 0. The van der Waals surface area contributed by atoms with Crippen molar-refractivity contribution in [2.75, 3.05) is 0 Å². The summed E-state index contributed by atoms with van der Waals surface area (Å²) in [4.78, 5) is 0. The molecule has 0 saturated heterocycles. The van der Waals surface area contributed by atoms with Gasteiger partial charge < -0.3 is 0 Å². The predicted molar refractivity (Wildman–Crippen MR) is 58.1 cm³/mol. The van der Waals surface area contributed by atoms with Gasteiger partial charge in [-0.05, 0) is 32.1 Å². The Labute approximate surface area is 138 Å². The smallest absolute Gasteiger partial charge is 0.0312 e. The van der Waals surface area contributed by atoms with E-state index < -0.39 is 7.81 Å². The molecule has 0 amide bonds. The quantitative estimate of drug-likeness (QED) is 0.196. The fourth-order valence-electron chi connectivity index (χ4n) is 0.321. The van der Waals surface area contributed by atoms with E-state index in [4.69, 9.17) is 19.2 Å². The molecule has 0 aliphatic heterocycles. The van der Waals surface area contributed by atoms with E-state index in [1.807, 2.05) is 32.1 Å². The van der Waals surface area contributed by atoms with Crippen LogP contribution in [0.25, 0.3) is 0 Å². The Morgan fingerprint density at radius 1 is 0.727 bits per heavy atom. The van der Waals surface area contributed by atoms with Crippen molar-refractivity contribution < 1.29 is 60.2 Å². The van der Waals surface area contributed by atoms with Crippen molar-refractivity contribution in [3.63, 3.8) is 0 Å². The van der Waals surface area contributed by atoms with Gasteiger partial charge in [0.2, 0.25) is 0 Å². The first-order valence-electron chi connectivity index (χ1n) is 4.02. The SMILES string of the molecule is CC#N.F[P-](F)(F)(F)(F)F.[C-]#[O+].[C-]#[O+].[C-]#[O+].[CH]1[CH][CH][CH][CH]1.[W+2]. The van der Waals surface area contributed by atoms with Gasteiger partial charge in [0.1, 0.15) is 0 Å². The van der Waals surface area contributed by atoms with Gasteiger partial charge in [-0.15, -0.1) is 0 Å². The predicted octanol–water partition coefficient (Wildman–Crippen LogP) is 4.82. The molecule has 0 aromatic carbocycles. The molecule has 0 spiro atoms. The van der Waals surface area contributed by atoms with Crippen molar-refractivity contribution in [3.8, 4) is 6.07 Å². The fraction of sp³-hybridized carbons (Fsp3) is 0.100. The zero-order valence-electron chi connectivity index (χ0n) is 10.7. The molecular weight excluding hydrogens is 511 g/mol. The summed E-state index contributed by atoms with van der Waals surface area (Å²) in [7, 11) is -10.7. The van der Waals surface area contributed by atoms with Crippen LogP contribution in [-0.4, -0.2) is 0 Å². The van der Waals surface area contributed by atoms with Gasteiger partial charge in [0, 0.05) is 6.92 Å². The van der Waals surface area contributed by atoms with E-state index >= 15 is 0 Å². The average Bonchev–Trinajstić information content (AvgIpc) is 2.92. The second-order valence-electron chi connectivity index (χ2n) is 2.14. The summed E-state index contributed by atoms with van der Waals surface area (Å²) in [5.41, 5.74) is 0. The zero-order valence-corrected chi connectivity index (χ0v) is 14.5. The van der Waals surface area contributed by atoms with E-state index in [-0.39, 0.29) is 21.1 Å². The second kappa shape index (κ2) is 18.5. The molecule has 0 atom stereocenters. The summed E-state index contributed by atoms with van der Waals surface area (Å²) in [6, 6.07) is 1.75. The molecule has 12 heteroatoms. The van der Waals surface area contributed by atoms with Gasteiger partial charge in [0.15, 0.2) is 0 Å².